The van der Waals surface area contributed by atoms with Gasteiger partial charge in [0.1, 0.15) is 5.52 Å². The van der Waals surface area contributed by atoms with Gasteiger partial charge < -0.3 is 4.42 Å². The van der Waals surface area contributed by atoms with E-state index in [1.807, 2.05) is 36.4 Å². The third-order valence-electron chi connectivity index (χ3n) is 3.24. The summed E-state index contributed by atoms with van der Waals surface area (Å²) in [4.78, 5) is 23.5. The molecule has 2 aromatic carbocycles. The first-order valence-electron chi connectivity index (χ1n) is 5.56. The molecule has 0 radical (unpaired) electrons. The Kier molecular flexibility index (Phi) is 1.56. The van der Waals surface area contributed by atoms with Crippen LogP contribution in [0.15, 0.2) is 56.5 Å². The first-order valence-corrected chi connectivity index (χ1v) is 5.56. The fraction of sp³-hybridized carbons (Fsp3) is 0. The van der Waals surface area contributed by atoms with Gasteiger partial charge >= 0.3 is 11.2 Å². The molecule has 4 rings (SSSR count). The monoisotopic (exact) mass is 237 g/mol. The second-order valence-corrected chi connectivity index (χ2v) is 4.20. The van der Waals surface area contributed by atoms with Gasteiger partial charge in [0, 0.05) is 10.8 Å². The van der Waals surface area contributed by atoms with Crippen molar-refractivity contribution < 1.29 is 4.42 Å². The Labute approximate surface area is 100 Å². The van der Waals surface area contributed by atoms with Gasteiger partial charge in [-0.15, -0.1) is 0 Å². The largest absolute Gasteiger partial charge is 0.417 e. The van der Waals surface area contributed by atoms with Crippen molar-refractivity contribution in [3.05, 3.63) is 63.2 Å². The van der Waals surface area contributed by atoms with E-state index < -0.39 is 11.2 Å². The topological polar surface area (TPSA) is 51.7 Å². The normalized spacial score (nSPS) is 11.8. The summed E-state index contributed by atoms with van der Waals surface area (Å²) in [5.41, 5.74) is 0.370. The van der Waals surface area contributed by atoms with Gasteiger partial charge in [-0.25, -0.2) is 4.79 Å². The van der Waals surface area contributed by atoms with Crippen molar-refractivity contribution in [3.8, 4) is 0 Å². The van der Waals surface area contributed by atoms with Crippen LogP contribution < -0.4 is 11.2 Å². The molecule has 0 aliphatic heterocycles. The van der Waals surface area contributed by atoms with Crippen LogP contribution in [0.5, 0.6) is 0 Å². The van der Waals surface area contributed by atoms with E-state index in [-0.39, 0.29) is 0 Å². The number of fused-ring (bicyclic) bond motifs is 3. The SMILES string of the molecule is O=c1oc2cccc3c4ccccc4n(c1=O)c23. The minimum Gasteiger partial charge on any atom is -0.417 e. The zero-order valence-corrected chi connectivity index (χ0v) is 9.21. The van der Waals surface area contributed by atoms with Gasteiger partial charge in [0.05, 0.1) is 5.52 Å². The van der Waals surface area contributed by atoms with Gasteiger partial charge in [-0.3, -0.25) is 9.20 Å². The van der Waals surface area contributed by atoms with Crippen LogP contribution in [0.2, 0.25) is 0 Å². The van der Waals surface area contributed by atoms with E-state index in [0.717, 1.165) is 16.3 Å². The van der Waals surface area contributed by atoms with Crippen molar-refractivity contribution >= 4 is 27.4 Å². The van der Waals surface area contributed by atoms with Crippen molar-refractivity contribution in [2.75, 3.05) is 0 Å². The van der Waals surface area contributed by atoms with Gasteiger partial charge in [-0.05, 0) is 12.1 Å². The van der Waals surface area contributed by atoms with Crippen molar-refractivity contribution in [3.63, 3.8) is 0 Å². The Morgan fingerprint density at radius 2 is 1.67 bits per heavy atom. The first-order chi connectivity index (χ1) is 8.77. The predicted octanol–water partition coefficient (Wildman–Crippen LogP) is 2.00. The molecule has 0 N–H and O–H groups in total. The van der Waals surface area contributed by atoms with Crippen LogP contribution in [0.25, 0.3) is 27.4 Å². The highest BCUT2D eigenvalue weighted by Gasteiger charge is 2.15. The van der Waals surface area contributed by atoms with Crippen LogP contribution in [-0.4, -0.2) is 4.40 Å². The molecule has 0 atom stereocenters. The minimum atomic E-state index is -0.837. The molecular weight excluding hydrogens is 230 g/mol. The standard InChI is InChI=1S/C14H7NO3/c16-13-14(17)18-11-7-3-5-9-8-4-1-2-6-10(8)15(13)12(9)11/h1-7H. The molecule has 0 fully saturated rings. The van der Waals surface area contributed by atoms with Crippen LogP contribution in [0, 0.1) is 0 Å². The second kappa shape index (κ2) is 2.98. The number of nitrogens with zero attached hydrogens (tertiary/aromatic N) is 1. The molecular formula is C14H7NO3. The van der Waals surface area contributed by atoms with E-state index in [2.05, 4.69) is 0 Å². The molecule has 18 heavy (non-hydrogen) atoms. The molecule has 0 aliphatic carbocycles. The first kappa shape index (κ1) is 9.41. The van der Waals surface area contributed by atoms with E-state index in [1.54, 1.807) is 6.07 Å². The molecule has 86 valence electrons. The number of aromatic nitrogens is 1. The van der Waals surface area contributed by atoms with Crippen molar-refractivity contribution in [1.29, 1.82) is 0 Å². The smallest absolute Gasteiger partial charge is 0.403 e. The quantitative estimate of drug-likeness (QED) is 0.439. The minimum absolute atomic E-state index is 0.438. The lowest BCUT2D eigenvalue weighted by molar-refractivity contribution is 0.543. The van der Waals surface area contributed by atoms with Crippen LogP contribution in [0.3, 0.4) is 0 Å². The fourth-order valence-corrected chi connectivity index (χ4v) is 2.52. The summed E-state index contributed by atoms with van der Waals surface area (Å²) in [6.07, 6.45) is 0. The molecule has 0 saturated carbocycles. The van der Waals surface area contributed by atoms with Crippen molar-refractivity contribution in [1.82, 2.24) is 4.40 Å². The molecule has 0 aliphatic rings. The molecule has 4 aromatic rings. The lowest BCUT2D eigenvalue weighted by Crippen LogP contribution is -2.29. The number of hydrogen-bond acceptors (Lipinski definition) is 3. The molecule has 2 heterocycles. The summed E-state index contributed by atoms with van der Waals surface area (Å²) in [5.74, 6) is 0. The summed E-state index contributed by atoms with van der Waals surface area (Å²) in [7, 11) is 0. The molecule has 4 heteroatoms. The Morgan fingerprint density at radius 3 is 2.56 bits per heavy atom. The van der Waals surface area contributed by atoms with Crippen LogP contribution in [0.1, 0.15) is 0 Å². The highest BCUT2D eigenvalue weighted by atomic mass is 16.4. The van der Waals surface area contributed by atoms with E-state index >= 15 is 0 Å². The third kappa shape index (κ3) is 0.953. The number of hydrogen-bond donors (Lipinski definition) is 0. The van der Waals surface area contributed by atoms with Crippen LogP contribution in [0.4, 0.5) is 0 Å². The summed E-state index contributed by atoms with van der Waals surface area (Å²) in [6, 6.07) is 12.9. The predicted molar refractivity (Wildman–Crippen MR) is 68.4 cm³/mol. The van der Waals surface area contributed by atoms with Crippen LogP contribution >= 0.6 is 0 Å². The Bertz CT molecular complexity index is 1010. The highest BCUT2D eigenvalue weighted by molar-refractivity contribution is 6.12. The van der Waals surface area contributed by atoms with Gasteiger partial charge in [0.25, 0.3) is 0 Å². The molecule has 2 aromatic heterocycles. The highest BCUT2D eigenvalue weighted by Crippen LogP contribution is 2.29. The summed E-state index contributed by atoms with van der Waals surface area (Å²) < 4.78 is 6.47. The number of para-hydroxylation sites is 2. The Balaban J connectivity index is 2.60. The molecule has 0 amide bonds. The molecule has 0 bridgehead atoms. The van der Waals surface area contributed by atoms with Gasteiger partial charge in [-0.1, -0.05) is 30.3 Å². The third-order valence-corrected chi connectivity index (χ3v) is 3.24. The molecule has 0 unspecified atom stereocenters. The molecule has 4 nitrogen and oxygen atoms in total. The zero-order valence-electron chi connectivity index (χ0n) is 9.21. The average Bonchev–Trinajstić information content (AvgIpc) is 2.73. The van der Waals surface area contributed by atoms with Crippen molar-refractivity contribution in [2.45, 2.75) is 0 Å². The van der Waals surface area contributed by atoms with Gasteiger partial charge in [0.15, 0.2) is 5.58 Å². The number of benzene rings is 2. The van der Waals surface area contributed by atoms with Gasteiger partial charge in [-0.2, -0.15) is 0 Å². The van der Waals surface area contributed by atoms with E-state index in [9.17, 15) is 9.59 Å². The molecule has 0 spiro atoms. The maximum atomic E-state index is 12.0. The van der Waals surface area contributed by atoms with E-state index in [4.69, 9.17) is 4.42 Å². The van der Waals surface area contributed by atoms with Crippen LogP contribution in [-0.2, 0) is 0 Å². The van der Waals surface area contributed by atoms with Gasteiger partial charge in [0.2, 0.25) is 0 Å². The molecule has 0 saturated heterocycles. The van der Waals surface area contributed by atoms with E-state index in [0.29, 0.717) is 11.1 Å². The fourth-order valence-electron chi connectivity index (χ4n) is 2.52. The van der Waals surface area contributed by atoms with Crippen molar-refractivity contribution in [2.24, 2.45) is 0 Å². The average molecular weight is 237 g/mol. The summed E-state index contributed by atoms with van der Waals surface area (Å²) >= 11 is 0. The maximum absolute atomic E-state index is 12.0. The summed E-state index contributed by atoms with van der Waals surface area (Å²) in [6.45, 7) is 0. The lowest BCUT2D eigenvalue weighted by Gasteiger charge is -1.97. The number of rotatable bonds is 0. The second-order valence-electron chi connectivity index (χ2n) is 4.20. The Hall–Kier alpha value is -2.62. The maximum Gasteiger partial charge on any atom is 0.403 e. The zero-order chi connectivity index (χ0) is 12.3. The Morgan fingerprint density at radius 1 is 0.889 bits per heavy atom. The summed E-state index contributed by atoms with van der Waals surface area (Å²) in [5, 5.41) is 1.87. The lowest BCUT2D eigenvalue weighted by atomic mass is 10.1. The van der Waals surface area contributed by atoms with E-state index in [1.165, 1.54) is 4.40 Å².